The van der Waals surface area contributed by atoms with E-state index in [9.17, 15) is 9.18 Å². The molecule has 0 saturated carbocycles. The first-order valence-corrected chi connectivity index (χ1v) is 7.01. The van der Waals surface area contributed by atoms with E-state index in [0.717, 1.165) is 13.1 Å². The SMILES string of the molecule is CC(C)N1CCC(Nc2cccc(F)c2)(C(N)=O)CC1. The fourth-order valence-corrected chi connectivity index (χ4v) is 2.70. The maximum absolute atomic E-state index is 13.3. The molecule has 3 N–H and O–H groups in total. The molecule has 0 radical (unpaired) electrons. The van der Waals surface area contributed by atoms with Crippen LogP contribution in [-0.4, -0.2) is 35.5 Å². The molecule has 1 heterocycles. The Hall–Kier alpha value is -1.62. The van der Waals surface area contributed by atoms with E-state index in [2.05, 4.69) is 24.1 Å². The monoisotopic (exact) mass is 279 g/mol. The predicted molar refractivity (Wildman–Crippen MR) is 77.9 cm³/mol. The first-order chi connectivity index (χ1) is 9.43. The largest absolute Gasteiger partial charge is 0.371 e. The third kappa shape index (κ3) is 3.10. The van der Waals surface area contributed by atoms with Gasteiger partial charge in [-0.3, -0.25) is 4.79 Å². The van der Waals surface area contributed by atoms with Gasteiger partial charge in [0.05, 0.1) is 0 Å². The first-order valence-electron chi connectivity index (χ1n) is 7.01. The molecule has 1 saturated heterocycles. The van der Waals surface area contributed by atoms with Gasteiger partial charge in [0.25, 0.3) is 0 Å². The van der Waals surface area contributed by atoms with E-state index < -0.39 is 5.54 Å². The molecule has 0 unspecified atom stereocenters. The molecular formula is C15H22FN3O. The summed E-state index contributed by atoms with van der Waals surface area (Å²) in [7, 11) is 0. The molecule has 0 aromatic heterocycles. The number of nitrogens with two attached hydrogens (primary N) is 1. The summed E-state index contributed by atoms with van der Waals surface area (Å²) < 4.78 is 13.3. The third-order valence-corrected chi connectivity index (χ3v) is 4.06. The second kappa shape index (κ2) is 5.79. The van der Waals surface area contributed by atoms with Crippen molar-refractivity contribution >= 4 is 11.6 Å². The predicted octanol–water partition coefficient (Wildman–Crippen LogP) is 1.97. The highest BCUT2D eigenvalue weighted by molar-refractivity contribution is 5.88. The Kier molecular flexibility index (Phi) is 4.28. The van der Waals surface area contributed by atoms with E-state index >= 15 is 0 Å². The van der Waals surface area contributed by atoms with Crippen LogP contribution in [-0.2, 0) is 4.79 Å². The standard InChI is InChI=1S/C15H22FN3O/c1-11(2)19-8-6-15(7-9-19,14(17)20)18-13-5-3-4-12(16)10-13/h3-5,10-11,18H,6-9H2,1-2H3,(H2,17,20). The average Bonchev–Trinajstić information content (AvgIpc) is 2.39. The smallest absolute Gasteiger partial charge is 0.243 e. The van der Waals surface area contributed by atoms with Crippen LogP contribution in [0.3, 0.4) is 0 Å². The summed E-state index contributed by atoms with van der Waals surface area (Å²) in [5.41, 5.74) is 5.42. The number of carbonyl (C=O) groups excluding carboxylic acids is 1. The molecule has 110 valence electrons. The van der Waals surface area contributed by atoms with Gasteiger partial charge in [0.1, 0.15) is 11.4 Å². The van der Waals surface area contributed by atoms with Crippen LogP contribution in [0.5, 0.6) is 0 Å². The maximum atomic E-state index is 13.3. The molecule has 2 rings (SSSR count). The molecule has 1 aliphatic heterocycles. The number of rotatable bonds is 4. The number of hydrogen-bond donors (Lipinski definition) is 2. The lowest BCUT2D eigenvalue weighted by atomic mass is 9.86. The van der Waals surface area contributed by atoms with Gasteiger partial charge >= 0.3 is 0 Å². The summed E-state index contributed by atoms with van der Waals surface area (Å²) in [6.45, 7) is 5.89. The lowest BCUT2D eigenvalue weighted by molar-refractivity contribution is -0.124. The van der Waals surface area contributed by atoms with Crippen LogP contribution in [0, 0.1) is 5.82 Å². The van der Waals surface area contributed by atoms with Crippen LogP contribution in [0.2, 0.25) is 0 Å². The fraction of sp³-hybridized carbons (Fsp3) is 0.533. The minimum absolute atomic E-state index is 0.325. The van der Waals surface area contributed by atoms with E-state index in [-0.39, 0.29) is 11.7 Å². The minimum atomic E-state index is -0.779. The van der Waals surface area contributed by atoms with Crippen molar-refractivity contribution in [3.05, 3.63) is 30.1 Å². The summed E-state index contributed by atoms with van der Waals surface area (Å²) in [4.78, 5) is 14.2. The topological polar surface area (TPSA) is 58.4 Å². The summed E-state index contributed by atoms with van der Waals surface area (Å²) in [5, 5.41) is 3.15. The number of hydrogen-bond acceptors (Lipinski definition) is 3. The summed E-state index contributed by atoms with van der Waals surface area (Å²) >= 11 is 0. The van der Waals surface area contributed by atoms with Crippen molar-refractivity contribution in [2.75, 3.05) is 18.4 Å². The van der Waals surface area contributed by atoms with Gasteiger partial charge in [0.15, 0.2) is 0 Å². The van der Waals surface area contributed by atoms with Gasteiger partial charge in [-0.1, -0.05) is 6.07 Å². The first kappa shape index (κ1) is 14.8. The normalized spacial score (nSPS) is 19.0. The van der Waals surface area contributed by atoms with Crippen molar-refractivity contribution in [1.82, 2.24) is 4.90 Å². The van der Waals surface area contributed by atoms with Crippen molar-refractivity contribution in [3.63, 3.8) is 0 Å². The Labute approximate surface area is 119 Å². The van der Waals surface area contributed by atoms with Gasteiger partial charge in [-0.05, 0) is 44.9 Å². The van der Waals surface area contributed by atoms with Crippen LogP contribution >= 0.6 is 0 Å². The Balaban J connectivity index is 2.14. The second-order valence-corrected chi connectivity index (χ2v) is 5.71. The van der Waals surface area contributed by atoms with Gasteiger partial charge in [0, 0.05) is 24.8 Å². The Bertz CT molecular complexity index is 482. The molecule has 0 bridgehead atoms. The van der Waals surface area contributed by atoms with Crippen molar-refractivity contribution in [1.29, 1.82) is 0 Å². The molecule has 1 aromatic carbocycles. The van der Waals surface area contributed by atoms with Crippen molar-refractivity contribution in [3.8, 4) is 0 Å². The fourth-order valence-electron chi connectivity index (χ4n) is 2.70. The van der Waals surface area contributed by atoms with E-state index in [1.807, 2.05) is 0 Å². The lowest BCUT2D eigenvalue weighted by Crippen LogP contribution is -2.57. The van der Waals surface area contributed by atoms with Gasteiger partial charge < -0.3 is 16.0 Å². The number of nitrogens with one attached hydrogen (secondary N) is 1. The van der Waals surface area contributed by atoms with Crippen LogP contribution in [0.15, 0.2) is 24.3 Å². The molecule has 1 fully saturated rings. The Morgan fingerprint density at radius 1 is 1.40 bits per heavy atom. The van der Waals surface area contributed by atoms with Gasteiger partial charge in [-0.25, -0.2) is 4.39 Å². The van der Waals surface area contributed by atoms with E-state index in [1.165, 1.54) is 12.1 Å². The molecule has 0 aliphatic carbocycles. The van der Waals surface area contributed by atoms with Gasteiger partial charge in [-0.15, -0.1) is 0 Å². The van der Waals surface area contributed by atoms with Crippen LogP contribution < -0.4 is 11.1 Å². The van der Waals surface area contributed by atoms with E-state index in [4.69, 9.17) is 5.73 Å². The van der Waals surface area contributed by atoms with Crippen LogP contribution in [0.1, 0.15) is 26.7 Å². The number of halogens is 1. The van der Waals surface area contributed by atoms with Crippen molar-refractivity contribution in [2.45, 2.75) is 38.3 Å². The second-order valence-electron chi connectivity index (χ2n) is 5.71. The number of primary amides is 1. The number of anilines is 1. The quantitative estimate of drug-likeness (QED) is 0.886. The highest BCUT2D eigenvalue weighted by atomic mass is 19.1. The molecule has 20 heavy (non-hydrogen) atoms. The van der Waals surface area contributed by atoms with Crippen LogP contribution in [0.4, 0.5) is 10.1 Å². The van der Waals surface area contributed by atoms with Crippen molar-refractivity contribution in [2.24, 2.45) is 5.73 Å². The van der Waals surface area contributed by atoms with Gasteiger partial charge in [0.2, 0.25) is 5.91 Å². The molecule has 4 nitrogen and oxygen atoms in total. The zero-order valence-corrected chi connectivity index (χ0v) is 12.0. The number of likely N-dealkylation sites (tertiary alicyclic amines) is 1. The molecule has 1 aromatic rings. The minimum Gasteiger partial charge on any atom is -0.371 e. The van der Waals surface area contributed by atoms with Crippen molar-refractivity contribution < 1.29 is 9.18 Å². The van der Waals surface area contributed by atoms with Gasteiger partial charge in [-0.2, -0.15) is 0 Å². The summed E-state index contributed by atoms with van der Waals surface area (Å²) in [5.74, 6) is -0.695. The molecular weight excluding hydrogens is 257 g/mol. The van der Waals surface area contributed by atoms with E-state index in [1.54, 1.807) is 12.1 Å². The number of amides is 1. The molecule has 0 spiro atoms. The number of benzene rings is 1. The molecule has 0 atom stereocenters. The zero-order valence-electron chi connectivity index (χ0n) is 12.0. The number of piperidine rings is 1. The maximum Gasteiger partial charge on any atom is 0.243 e. The third-order valence-electron chi connectivity index (χ3n) is 4.06. The zero-order chi connectivity index (χ0) is 14.8. The Morgan fingerprint density at radius 2 is 2.05 bits per heavy atom. The highest BCUT2D eigenvalue weighted by Crippen LogP contribution is 2.28. The lowest BCUT2D eigenvalue weighted by Gasteiger charge is -2.42. The molecule has 1 aliphatic rings. The Morgan fingerprint density at radius 3 is 2.55 bits per heavy atom. The molecule has 1 amide bonds. The molecule has 5 heteroatoms. The van der Waals surface area contributed by atoms with Crippen LogP contribution in [0.25, 0.3) is 0 Å². The summed E-state index contributed by atoms with van der Waals surface area (Å²) in [6, 6.07) is 6.59. The average molecular weight is 279 g/mol. The van der Waals surface area contributed by atoms with E-state index in [0.29, 0.717) is 24.6 Å². The summed E-state index contributed by atoms with van der Waals surface area (Å²) in [6.07, 6.45) is 1.27. The number of nitrogens with zero attached hydrogens (tertiary/aromatic N) is 1. The number of carbonyl (C=O) groups is 1. The highest BCUT2D eigenvalue weighted by Gasteiger charge is 2.40.